The lowest BCUT2D eigenvalue weighted by molar-refractivity contribution is -0.137. The molecule has 40 heavy (non-hydrogen) atoms. The predicted molar refractivity (Wildman–Crippen MR) is 147 cm³/mol. The summed E-state index contributed by atoms with van der Waals surface area (Å²) >= 11 is 6.14. The van der Waals surface area contributed by atoms with Crippen molar-refractivity contribution in [1.82, 2.24) is 24.8 Å². The van der Waals surface area contributed by atoms with E-state index < -0.39 is 24.2 Å². The van der Waals surface area contributed by atoms with Crippen LogP contribution in [0.25, 0.3) is 11.2 Å². The van der Waals surface area contributed by atoms with Gasteiger partial charge in [0, 0.05) is 37.4 Å². The number of aliphatic hydroxyl groups excluding tert-OH is 2. The molecule has 2 saturated carbocycles. The third-order valence-corrected chi connectivity index (χ3v) is 7.89. The monoisotopic (exact) mass is 566 g/mol. The highest BCUT2D eigenvalue weighted by atomic mass is 35.5. The Labute approximate surface area is 236 Å². The molecule has 2 aromatic heterocycles. The van der Waals surface area contributed by atoms with Crippen LogP contribution in [0.3, 0.4) is 0 Å². The standard InChI is InChI=1S/C28H31ClN6O5/c1-30-28(40)19-12-20(36)25(39)24(18-11-17(18)19)35-14-32-23-26(31-13-15-6-5-7-16(29)10-15)33-21(34-27(23)35)8-3-2-4-9-22(37)38/h5-7,10,14,17-20,24-25,36,39H,2,4,9,11-13H2,1H3,(H,30,40)(H,37,38)(H,31,33,34)/t17-,18+,19?,20?,24-,25?/m1/s1. The molecule has 0 radical (unpaired) electrons. The molecule has 0 saturated heterocycles. The van der Waals surface area contributed by atoms with Crippen LogP contribution in [0, 0.1) is 29.6 Å². The second-order valence-corrected chi connectivity index (χ2v) is 10.8. The van der Waals surface area contributed by atoms with Crippen LogP contribution in [0.15, 0.2) is 30.6 Å². The highest BCUT2D eigenvalue weighted by Crippen LogP contribution is 2.56. The van der Waals surface area contributed by atoms with Crippen LogP contribution in [0.5, 0.6) is 0 Å². The lowest BCUT2D eigenvalue weighted by atomic mass is 9.95. The van der Waals surface area contributed by atoms with Crippen molar-refractivity contribution in [2.75, 3.05) is 12.4 Å². The highest BCUT2D eigenvalue weighted by molar-refractivity contribution is 6.30. The number of aromatic nitrogens is 4. The number of rotatable bonds is 8. The van der Waals surface area contributed by atoms with Gasteiger partial charge in [-0.2, -0.15) is 0 Å². The highest BCUT2D eigenvalue weighted by Gasteiger charge is 2.56. The first kappa shape index (κ1) is 27.8. The van der Waals surface area contributed by atoms with Gasteiger partial charge in [0.15, 0.2) is 17.0 Å². The number of carboxylic acid groups (broad SMARTS) is 1. The number of amides is 1. The lowest BCUT2D eigenvalue weighted by Crippen LogP contribution is -2.37. The fraction of sp³-hybridized carbons (Fsp3) is 0.464. The summed E-state index contributed by atoms with van der Waals surface area (Å²) in [7, 11) is 1.58. The molecule has 3 aromatic rings. The van der Waals surface area contributed by atoms with E-state index in [1.165, 1.54) is 0 Å². The number of nitrogens with zero attached hydrogens (tertiary/aromatic N) is 4. The maximum absolute atomic E-state index is 12.5. The van der Waals surface area contributed by atoms with Crippen molar-refractivity contribution in [2.24, 2.45) is 17.8 Å². The Morgan fingerprint density at radius 1 is 1.20 bits per heavy atom. The number of imidazole rings is 1. The van der Waals surface area contributed by atoms with E-state index in [1.807, 2.05) is 18.2 Å². The Morgan fingerprint density at radius 2 is 2.02 bits per heavy atom. The molecule has 0 bridgehead atoms. The average Bonchev–Trinajstić information content (AvgIpc) is 3.61. The van der Waals surface area contributed by atoms with Gasteiger partial charge in [-0.3, -0.25) is 9.59 Å². The molecule has 1 aromatic carbocycles. The number of unbranched alkanes of at least 4 members (excludes halogenated alkanes) is 1. The molecule has 5 rings (SSSR count). The first-order valence-electron chi connectivity index (χ1n) is 13.3. The summed E-state index contributed by atoms with van der Waals surface area (Å²) in [6.07, 6.45) is 1.10. The van der Waals surface area contributed by atoms with E-state index in [0.717, 1.165) is 12.0 Å². The van der Waals surface area contributed by atoms with Gasteiger partial charge in [0.2, 0.25) is 11.7 Å². The van der Waals surface area contributed by atoms with Gasteiger partial charge in [-0.05, 0) is 54.7 Å². The summed E-state index contributed by atoms with van der Waals surface area (Å²) in [6, 6.07) is 6.88. The molecule has 0 spiro atoms. The van der Waals surface area contributed by atoms with Crippen molar-refractivity contribution < 1.29 is 24.9 Å². The number of fused-ring (bicyclic) bond motifs is 2. The van der Waals surface area contributed by atoms with Crippen LogP contribution in [0.2, 0.25) is 5.02 Å². The number of aliphatic hydroxyl groups is 2. The van der Waals surface area contributed by atoms with Crippen LogP contribution in [0.4, 0.5) is 5.82 Å². The lowest BCUT2D eigenvalue weighted by Gasteiger charge is -2.27. The first-order chi connectivity index (χ1) is 19.3. The number of nitrogens with one attached hydrogen (secondary N) is 2. The van der Waals surface area contributed by atoms with Gasteiger partial charge < -0.3 is 30.5 Å². The zero-order valence-corrected chi connectivity index (χ0v) is 22.7. The average molecular weight is 567 g/mol. The molecular formula is C28H31ClN6O5. The Bertz CT molecular complexity index is 1480. The van der Waals surface area contributed by atoms with Gasteiger partial charge in [-0.25, -0.2) is 15.0 Å². The number of aliphatic carboxylic acids is 1. The fourth-order valence-electron chi connectivity index (χ4n) is 5.62. The summed E-state index contributed by atoms with van der Waals surface area (Å²) in [5.74, 6) is 5.14. The number of carboxylic acids is 1. The normalized spacial score (nSPS) is 25.3. The molecule has 2 fully saturated rings. The maximum Gasteiger partial charge on any atom is 0.303 e. The van der Waals surface area contributed by atoms with Crippen molar-refractivity contribution >= 4 is 40.5 Å². The minimum atomic E-state index is -1.12. The largest absolute Gasteiger partial charge is 0.481 e. The Morgan fingerprint density at radius 3 is 2.77 bits per heavy atom. The zero-order chi connectivity index (χ0) is 28.4. The van der Waals surface area contributed by atoms with Crippen LogP contribution in [0.1, 0.15) is 49.5 Å². The van der Waals surface area contributed by atoms with Crippen LogP contribution >= 0.6 is 11.6 Å². The predicted octanol–water partition coefficient (Wildman–Crippen LogP) is 2.36. The number of hydrogen-bond donors (Lipinski definition) is 5. The number of benzene rings is 1. The number of carbonyl (C=O) groups excluding carboxylic acids is 1. The smallest absolute Gasteiger partial charge is 0.303 e. The molecular weight excluding hydrogens is 536 g/mol. The van der Waals surface area contributed by atoms with Crippen molar-refractivity contribution in [3.05, 3.63) is 47.0 Å². The van der Waals surface area contributed by atoms with E-state index in [-0.39, 0.29) is 42.3 Å². The molecule has 6 atom stereocenters. The molecule has 2 aliphatic rings. The summed E-state index contributed by atoms with van der Waals surface area (Å²) in [5, 5.41) is 37.5. The van der Waals surface area contributed by atoms with Crippen molar-refractivity contribution in [3.63, 3.8) is 0 Å². The second-order valence-electron chi connectivity index (χ2n) is 10.3. The van der Waals surface area contributed by atoms with Crippen LogP contribution in [-0.2, 0) is 16.1 Å². The topological polar surface area (TPSA) is 162 Å². The van der Waals surface area contributed by atoms with E-state index >= 15 is 0 Å². The van der Waals surface area contributed by atoms with Crippen molar-refractivity contribution in [1.29, 1.82) is 0 Å². The minimum absolute atomic E-state index is 0.0231. The first-order valence-corrected chi connectivity index (χ1v) is 13.7. The van der Waals surface area contributed by atoms with Crippen LogP contribution < -0.4 is 10.6 Å². The van der Waals surface area contributed by atoms with E-state index in [9.17, 15) is 19.8 Å². The van der Waals surface area contributed by atoms with Gasteiger partial charge >= 0.3 is 5.97 Å². The van der Waals surface area contributed by atoms with Gasteiger partial charge in [0.1, 0.15) is 6.10 Å². The fourth-order valence-corrected chi connectivity index (χ4v) is 5.83. The molecule has 2 aliphatic carbocycles. The molecule has 2 heterocycles. The summed E-state index contributed by atoms with van der Waals surface area (Å²) in [6.45, 7) is 0.411. The molecule has 0 aliphatic heterocycles. The number of carbonyl (C=O) groups is 2. The molecule has 12 heteroatoms. The quantitative estimate of drug-likeness (QED) is 0.203. The van der Waals surface area contributed by atoms with E-state index in [1.54, 1.807) is 24.0 Å². The summed E-state index contributed by atoms with van der Waals surface area (Å²) in [5.41, 5.74) is 1.85. The van der Waals surface area contributed by atoms with Crippen molar-refractivity contribution in [3.8, 4) is 11.8 Å². The molecule has 3 unspecified atom stereocenters. The SMILES string of the molecule is CNC(=O)C1CC(O)C(O)[C@H](n2cnc3c(NCc4cccc(Cl)c4)nc(C#CCCCC(=O)O)nc32)[C@H]2C[C@@H]12. The maximum atomic E-state index is 12.5. The van der Waals surface area contributed by atoms with Crippen LogP contribution in [-0.4, -0.2) is 66.0 Å². The molecule has 11 nitrogen and oxygen atoms in total. The summed E-state index contributed by atoms with van der Waals surface area (Å²) in [4.78, 5) is 37.1. The van der Waals surface area contributed by atoms with E-state index in [4.69, 9.17) is 16.7 Å². The summed E-state index contributed by atoms with van der Waals surface area (Å²) < 4.78 is 1.77. The molecule has 1 amide bonds. The Hall–Kier alpha value is -3.72. The van der Waals surface area contributed by atoms with Crippen molar-refractivity contribution in [2.45, 2.75) is 56.9 Å². The number of halogens is 1. The number of hydrogen-bond acceptors (Lipinski definition) is 8. The van der Waals surface area contributed by atoms with Gasteiger partial charge in [-0.1, -0.05) is 29.7 Å². The second kappa shape index (κ2) is 11.8. The molecule has 5 N–H and O–H groups in total. The molecule has 210 valence electrons. The Kier molecular flexibility index (Phi) is 8.21. The van der Waals surface area contributed by atoms with E-state index in [0.29, 0.717) is 41.4 Å². The number of anilines is 1. The third kappa shape index (κ3) is 5.89. The Balaban J connectivity index is 1.50. The van der Waals surface area contributed by atoms with Gasteiger partial charge in [-0.15, -0.1) is 0 Å². The third-order valence-electron chi connectivity index (χ3n) is 7.65. The zero-order valence-electron chi connectivity index (χ0n) is 21.9. The van der Waals surface area contributed by atoms with Gasteiger partial charge in [0.25, 0.3) is 0 Å². The van der Waals surface area contributed by atoms with Gasteiger partial charge in [0.05, 0.1) is 18.5 Å². The minimum Gasteiger partial charge on any atom is -0.481 e. The van der Waals surface area contributed by atoms with E-state index in [2.05, 4.69) is 37.4 Å².